The van der Waals surface area contributed by atoms with E-state index in [9.17, 15) is 13.2 Å². The number of hydrogen-bond acceptors (Lipinski definition) is 5. The van der Waals surface area contributed by atoms with Crippen molar-refractivity contribution in [3.05, 3.63) is 29.8 Å². The Morgan fingerprint density at radius 1 is 1.18 bits per heavy atom. The Labute approximate surface area is 131 Å². The third kappa shape index (κ3) is 6.31. The molecule has 0 saturated heterocycles. The van der Waals surface area contributed by atoms with E-state index in [1.807, 2.05) is 0 Å². The molecule has 0 aliphatic heterocycles. The highest BCUT2D eigenvalue weighted by atomic mass is 32.2. The Morgan fingerprint density at radius 2 is 1.77 bits per heavy atom. The van der Waals surface area contributed by atoms with Gasteiger partial charge in [-0.25, -0.2) is 4.79 Å². The number of amides is 2. The lowest BCUT2D eigenvalue weighted by Crippen LogP contribution is -2.40. The van der Waals surface area contributed by atoms with Gasteiger partial charge in [0.2, 0.25) is 0 Å². The zero-order chi connectivity index (χ0) is 16.8. The minimum atomic E-state index is -3.54. The summed E-state index contributed by atoms with van der Waals surface area (Å²) in [5.74, 6) is 0.244. The molecule has 0 aromatic heterocycles. The predicted octanol–water partition coefficient (Wildman–Crippen LogP) is 1.16. The average molecular weight is 330 g/mol. The number of rotatable bonds is 7. The van der Waals surface area contributed by atoms with Crippen molar-refractivity contribution in [1.82, 2.24) is 9.80 Å². The maximum Gasteiger partial charge on any atom is 0.319 e. The summed E-state index contributed by atoms with van der Waals surface area (Å²) < 4.78 is 31.9. The first-order chi connectivity index (χ1) is 10.2. The fourth-order valence-corrected chi connectivity index (χ4v) is 2.23. The summed E-state index contributed by atoms with van der Waals surface area (Å²) >= 11 is 0. The molecule has 8 heteroatoms. The molecule has 124 valence electrons. The molecule has 7 nitrogen and oxygen atoms in total. The number of methoxy groups -OCH3 is 1. The van der Waals surface area contributed by atoms with Crippen LogP contribution in [0.4, 0.5) is 4.79 Å². The first-order valence-electron chi connectivity index (χ1n) is 6.66. The predicted molar refractivity (Wildman–Crippen MR) is 83.3 cm³/mol. The Morgan fingerprint density at radius 3 is 2.23 bits per heavy atom. The van der Waals surface area contributed by atoms with Gasteiger partial charge >= 0.3 is 16.1 Å². The summed E-state index contributed by atoms with van der Waals surface area (Å²) in [4.78, 5) is 15.2. The van der Waals surface area contributed by atoms with Gasteiger partial charge in [-0.05, 0) is 17.7 Å². The molecule has 0 aliphatic rings. The van der Waals surface area contributed by atoms with E-state index in [1.165, 1.54) is 4.90 Å². The number of benzene rings is 1. The molecule has 0 radical (unpaired) electrons. The largest absolute Gasteiger partial charge is 0.383 e. The van der Waals surface area contributed by atoms with Crippen molar-refractivity contribution in [1.29, 1.82) is 0 Å². The van der Waals surface area contributed by atoms with Crippen LogP contribution in [-0.4, -0.2) is 64.9 Å². The van der Waals surface area contributed by atoms with E-state index >= 15 is 0 Å². The van der Waals surface area contributed by atoms with Gasteiger partial charge in [0.15, 0.2) is 0 Å². The Kier molecular flexibility index (Phi) is 6.63. The number of hydrogen-bond donors (Lipinski definition) is 0. The molecule has 1 aromatic carbocycles. The number of carbonyl (C=O) groups is 1. The lowest BCUT2D eigenvalue weighted by molar-refractivity contribution is 0.132. The summed E-state index contributed by atoms with van der Waals surface area (Å²) in [6.07, 6.45) is 0.989. The fraction of sp³-hybridized carbons (Fsp3) is 0.500. The number of ether oxygens (including phenoxy) is 1. The fourth-order valence-electron chi connectivity index (χ4n) is 1.77. The van der Waals surface area contributed by atoms with Crippen LogP contribution in [0.2, 0.25) is 0 Å². The number of urea groups is 1. The molecule has 0 heterocycles. The van der Waals surface area contributed by atoms with Crippen molar-refractivity contribution < 1.29 is 22.1 Å². The molecule has 0 unspecified atom stereocenters. The van der Waals surface area contributed by atoms with Crippen LogP contribution in [0.5, 0.6) is 5.75 Å². The standard InChI is InChI=1S/C14H22N2O5S/c1-15(2)14(17)16(9-10-20-3)11-12-5-7-13(8-6-12)21-22(4,18)19/h5-8H,9-11H2,1-4H3. The SMILES string of the molecule is COCCN(Cc1ccc(OS(C)(=O)=O)cc1)C(=O)N(C)C. The zero-order valence-electron chi connectivity index (χ0n) is 13.3. The van der Waals surface area contributed by atoms with Gasteiger partial charge in [0.1, 0.15) is 5.75 Å². The van der Waals surface area contributed by atoms with Crippen molar-refractivity contribution in [2.24, 2.45) is 0 Å². The van der Waals surface area contributed by atoms with Crippen LogP contribution in [0, 0.1) is 0 Å². The van der Waals surface area contributed by atoms with Gasteiger partial charge in [-0.15, -0.1) is 0 Å². The molecule has 0 saturated carbocycles. The van der Waals surface area contributed by atoms with E-state index in [1.54, 1.807) is 50.4 Å². The number of carbonyl (C=O) groups excluding carboxylic acids is 1. The Bertz CT molecular complexity index is 584. The van der Waals surface area contributed by atoms with Crippen molar-refractivity contribution in [2.75, 3.05) is 40.6 Å². The molecule has 22 heavy (non-hydrogen) atoms. The van der Waals surface area contributed by atoms with Crippen LogP contribution in [0.15, 0.2) is 24.3 Å². The minimum Gasteiger partial charge on any atom is -0.383 e. The highest BCUT2D eigenvalue weighted by Gasteiger charge is 2.15. The monoisotopic (exact) mass is 330 g/mol. The lowest BCUT2D eigenvalue weighted by atomic mass is 10.2. The average Bonchev–Trinajstić information content (AvgIpc) is 2.42. The van der Waals surface area contributed by atoms with Crippen LogP contribution in [0.25, 0.3) is 0 Å². The van der Waals surface area contributed by atoms with E-state index in [0.29, 0.717) is 19.7 Å². The van der Waals surface area contributed by atoms with Crippen molar-refractivity contribution in [3.63, 3.8) is 0 Å². The first kappa shape index (κ1) is 18.2. The van der Waals surface area contributed by atoms with Crippen LogP contribution in [0.1, 0.15) is 5.56 Å². The van der Waals surface area contributed by atoms with Gasteiger partial charge < -0.3 is 18.7 Å². The molecule has 0 aliphatic carbocycles. The minimum absolute atomic E-state index is 0.117. The molecule has 0 bridgehead atoms. The molecular weight excluding hydrogens is 308 g/mol. The zero-order valence-corrected chi connectivity index (χ0v) is 14.1. The summed E-state index contributed by atoms with van der Waals surface area (Å²) in [7, 11) is 1.41. The van der Waals surface area contributed by atoms with Crippen molar-refractivity contribution in [2.45, 2.75) is 6.54 Å². The summed E-state index contributed by atoms with van der Waals surface area (Å²) in [6.45, 7) is 1.31. The molecule has 1 rings (SSSR count). The quantitative estimate of drug-likeness (QED) is 0.701. The van der Waals surface area contributed by atoms with Crippen molar-refractivity contribution in [3.8, 4) is 5.75 Å². The summed E-state index contributed by atoms with van der Waals surface area (Å²) in [5.41, 5.74) is 0.868. The molecule has 2 amide bonds. The molecule has 0 N–H and O–H groups in total. The molecular formula is C14H22N2O5S. The van der Waals surface area contributed by atoms with Crippen LogP contribution in [0.3, 0.4) is 0 Å². The second-order valence-corrected chi connectivity index (χ2v) is 6.60. The molecule has 0 atom stereocenters. The van der Waals surface area contributed by atoms with Gasteiger partial charge in [0.25, 0.3) is 0 Å². The van der Waals surface area contributed by atoms with Gasteiger partial charge in [0, 0.05) is 34.3 Å². The van der Waals surface area contributed by atoms with E-state index < -0.39 is 10.1 Å². The van der Waals surface area contributed by atoms with E-state index in [0.717, 1.165) is 11.8 Å². The van der Waals surface area contributed by atoms with Crippen molar-refractivity contribution >= 4 is 16.1 Å². The maximum atomic E-state index is 12.1. The maximum absolute atomic E-state index is 12.1. The summed E-state index contributed by atoms with van der Waals surface area (Å²) in [6, 6.07) is 6.45. The lowest BCUT2D eigenvalue weighted by Gasteiger charge is -2.26. The molecule has 1 aromatic rings. The third-order valence-electron chi connectivity index (χ3n) is 2.76. The summed E-state index contributed by atoms with van der Waals surface area (Å²) in [5, 5.41) is 0. The van der Waals surface area contributed by atoms with Crippen LogP contribution < -0.4 is 4.18 Å². The third-order valence-corrected chi connectivity index (χ3v) is 3.26. The van der Waals surface area contributed by atoms with Gasteiger partial charge in [-0.3, -0.25) is 0 Å². The first-order valence-corrected chi connectivity index (χ1v) is 8.48. The van der Waals surface area contributed by atoms with E-state index in [2.05, 4.69) is 0 Å². The van der Waals surface area contributed by atoms with Crippen LogP contribution in [-0.2, 0) is 21.4 Å². The Hall–Kier alpha value is -1.80. The Balaban J connectivity index is 2.78. The van der Waals surface area contributed by atoms with Gasteiger partial charge in [-0.1, -0.05) is 12.1 Å². The highest BCUT2D eigenvalue weighted by molar-refractivity contribution is 7.86. The number of nitrogens with zero attached hydrogens (tertiary/aromatic N) is 2. The molecule has 0 fully saturated rings. The van der Waals surface area contributed by atoms with Crippen LogP contribution >= 0.6 is 0 Å². The van der Waals surface area contributed by atoms with E-state index in [4.69, 9.17) is 8.92 Å². The second-order valence-electron chi connectivity index (χ2n) is 5.02. The molecule has 0 spiro atoms. The van der Waals surface area contributed by atoms with E-state index in [-0.39, 0.29) is 11.8 Å². The smallest absolute Gasteiger partial charge is 0.319 e. The van der Waals surface area contributed by atoms with Gasteiger partial charge in [0.05, 0.1) is 12.9 Å². The van der Waals surface area contributed by atoms with Gasteiger partial charge in [-0.2, -0.15) is 8.42 Å². The normalized spacial score (nSPS) is 11.1. The highest BCUT2D eigenvalue weighted by Crippen LogP contribution is 2.15. The topological polar surface area (TPSA) is 76.1 Å². The second kappa shape index (κ2) is 8.00.